The Kier molecular flexibility index (Phi) is 3.87. The smallest absolute Gasteiger partial charge is 0.126 e. The van der Waals surface area contributed by atoms with Gasteiger partial charge in [-0.1, -0.05) is 23.7 Å². The van der Waals surface area contributed by atoms with Gasteiger partial charge in [-0.25, -0.2) is 4.39 Å². The third kappa shape index (κ3) is 3.02. The van der Waals surface area contributed by atoms with Crippen LogP contribution in [0.15, 0.2) is 36.4 Å². The predicted molar refractivity (Wildman–Crippen MR) is 74.7 cm³/mol. The average molecular weight is 264 g/mol. The van der Waals surface area contributed by atoms with Gasteiger partial charge in [-0.05, 0) is 54.8 Å². The van der Waals surface area contributed by atoms with Gasteiger partial charge in [0.15, 0.2) is 0 Å². The molecule has 94 valence electrons. The van der Waals surface area contributed by atoms with Crippen molar-refractivity contribution in [2.24, 2.45) is 0 Å². The number of anilines is 1. The zero-order valence-corrected chi connectivity index (χ0v) is 11.2. The molecule has 0 aliphatic heterocycles. The minimum absolute atomic E-state index is 0.165. The molecule has 0 atom stereocenters. The number of benzene rings is 2. The Hall–Kier alpha value is -1.54. The van der Waals surface area contributed by atoms with E-state index in [1.54, 1.807) is 19.1 Å². The van der Waals surface area contributed by atoms with Crippen LogP contribution in [0, 0.1) is 19.7 Å². The summed E-state index contributed by atoms with van der Waals surface area (Å²) in [4.78, 5) is 0. The Morgan fingerprint density at radius 1 is 1.06 bits per heavy atom. The number of nitrogens with one attached hydrogen (secondary N) is 1. The van der Waals surface area contributed by atoms with E-state index in [-0.39, 0.29) is 5.82 Å². The summed E-state index contributed by atoms with van der Waals surface area (Å²) in [6.07, 6.45) is 0. The van der Waals surface area contributed by atoms with Crippen LogP contribution in [0.2, 0.25) is 5.02 Å². The molecule has 0 fully saturated rings. The molecule has 0 saturated heterocycles. The highest BCUT2D eigenvalue weighted by molar-refractivity contribution is 6.30. The first kappa shape index (κ1) is 12.9. The fourth-order valence-electron chi connectivity index (χ4n) is 1.77. The highest BCUT2D eigenvalue weighted by Gasteiger charge is 2.01. The van der Waals surface area contributed by atoms with Gasteiger partial charge in [0, 0.05) is 17.3 Å². The molecule has 1 N–H and O–H groups in total. The standard InChI is InChI=1S/C15H15ClFN/c1-10-3-4-12(8-14(10)17)9-18-15-6-5-13(16)7-11(15)2/h3-8,18H,9H2,1-2H3. The molecule has 0 radical (unpaired) electrons. The second kappa shape index (κ2) is 5.40. The van der Waals surface area contributed by atoms with Crippen molar-refractivity contribution in [3.8, 4) is 0 Å². The fraction of sp³-hybridized carbons (Fsp3) is 0.200. The second-order valence-electron chi connectivity index (χ2n) is 4.40. The molecule has 18 heavy (non-hydrogen) atoms. The lowest BCUT2D eigenvalue weighted by Crippen LogP contribution is -2.01. The Bertz CT molecular complexity index is 566. The molecule has 2 aromatic carbocycles. The first-order valence-electron chi connectivity index (χ1n) is 5.81. The summed E-state index contributed by atoms with van der Waals surface area (Å²) in [6.45, 7) is 4.35. The van der Waals surface area contributed by atoms with Gasteiger partial charge in [-0.2, -0.15) is 0 Å². The second-order valence-corrected chi connectivity index (χ2v) is 4.83. The van der Waals surface area contributed by atoms with Crippen LogP contribution in [0.25, 0.3) is 0 Å². The van der Waals surface area contributed by atoms with Crippen molar-refractivity contribution in [2.75, 3.05) is 5.32 Å². The summed E-state index contributed by atoms with van der Waals surface area (Å²) in [5.41, 5.74) is 3.68. The average Bonchev–Trinajstić information content (AvgIpc) is 2.32. The van der Waals surface area contributed by atoms with E-state index < -0.39 is 0 Å². The summed E-state index contributed by atoms with van der Waals surface area (Å²) >= 11 is 5.89. The van der Waals surface area contributed by atoms with Gasteiger partial charge in [0.1, 0.15) is 5.82 Å². The first-order chi connectivity index (χ1) is 8.56. The zero-order chi connectivity index (χ0) is 13.1. The topological polar surface area (TPSA) is 12.0 Å². The summed E-state index contributed by atoms with van der Waals surface area (Å²) in [5.74, 6) is -0.165. The van der Waals surface area contributed by atoms with E-state index in [9.17, 15) is 4.39 Å². The van der Waals surface area contributed by atoms with Crippen molar-refractivity contribution in [2.45, 2.75) is 20.4 Å². The van der Waals surface area contributed by atoms with Gasteiger partial charge in [0.05, 0.1) is 0 Å². The number of aryl methyl sites for hydroxylation is 2. The number of rotatable bonds is 3. The Morgan fingerprint density at radius 3 is 2.50 bits per heavy atom. The molecule has 1 nitrogen and oxygen atoms in total. The van der Waals surface area contributed by atoms with Crippen LogP contribution >= 0.6 is 11.6 Å². The van der Waals surface area contributed by atoms with Gasteiger partial charge in [-0.15, -0.1) is 0 Å². The van der Waals surface area contributed by atoms with Crippen LogP contribution in [-0.2, 0) is 6.54 Å². The molecule has 0 spiro atoms. The van der Waals surface area contributed by atoms with E-state index in [2.05, 4.69) is 5.32 Å². The third-order valence-electron chi connectivity index (χ3n) is 2.91. The highest BCUT2D eigenvalue weighted by Crippen LogP contribution is 2.20. The minimum atomic E-state index is -0.165. The zero-order valence-electron chi connectivity index (χ0n) is 10.4. The fourth-order valence-corrected chi connectivity index (χ4v) is 2.00. The van der Waals surface area contributed by atoms with Crippen LogP contribution in [0.4, 0.5) is 10.1 Å². The normalized spacial score (nSPS) is 10.4. The van der Waals surface area contributed by atoms with E-state index in [1.807, 2.05) is 31.2 Å². The van der Waals surface area contributed by atoms with E-state index in [0.29, 0.717) is 12.1 Å². The van der Waals surface area contributed by atoms with Gasteiger partial charge in [0.2, 0.25) is 0 Å². The van der Waals surface area contributed by atoms with Crippen molar-refractivity contribution in [3.05, 3.63) is 63.9 Å². The molecular formula is C15H15ClFN. The van der Waals surface area contributed by atoms with Gasteiger partial charge in [-0.3, -0.25) is 0 Å². The van der Waals surface area contributed by atoms with Crippen LogP contribution in [0.5, 0.6) is 0 Å². The van der Waals surface area contributed by atoms with Crippen LogP contribution in [-0.4, -0.2) is 0 Å². The SMILES string of the molecule is Cc1ccc(CNc2ccc(Cl)cc2C)cc1F. The van der Waals surface area contributed by atoms with E-state index in [4.69, 9.17) is 11.6 Å². The monoisotopic (exact) mass is 263 g/mol. The summed E-state index contributed by atoms with van der Waals surface area (Å²) in [7, 11) is 0. The molecule has 0 bridgehead atoms. The lowest BCUT2D eigenvalue weighted by Gasteiger charge is -2.10. The predicted octanol–water partition coefficient (Wildman–Crippen LogP) is 4.71. The summed E-state index contributed by atoms with van der Waals surface area (Å²) in [5, 5.41) is 4.00. The molecule has 2 rings (SSSR count). The van der Waals surface area contributed by atoms with Gasteiger partial charge >= 0.3 is 0 Å². The molecule has 0 amide bonds. The molecule has 0 aliphatic carbocycles. The molecule has 0 saturated carbocycles. The van der Waals surface area contributed by atoms with Crippen LogP contribution in [0.1, 0.15) is 16.7 Å². The van der Waals surface area contributed by atoms with E-state index in [0.717, 1.165) is 21.8 Å². The van der Waals surface area contributed by atoms with Crippen molar-refractivity contribution < 1.29 is 4.39 Å². The lowest BCUT2D eigenvalue weighted by atomic mass is 10.1. The minimum Gasteiger partial charge on any atom is -0.381 e. The Labute approximate surface area is 112 Å². The lowest BCUT2D eigenvalue weighted by molar-refractivity contribution is 0.616. The number of hydrogen-bond donors (Lipinski definition) is 1. The largest absolute Gasteiger partial charge is 0.381 e. The van der Waals surface area contributed by atoms with Crippen LogP contribution in [0.3, 0.4) is 0 Å². The summed E-state index contributed by atoms with van der Waals surface area (Å²) < 4.78 is 13.4. The maximum atomic E-state index is 13.4. The van der Waals surface area contributed by atoms with Crippen molar-refractivity contribution in [3.63, 3.8) is 0 Å². The van der Waals surface area contributed by atoms with Crippen LogP contribution < -0.4 is 5.32 Å². The molecule has 0 heterocycles. The maximum absolute atomic E-state index is 13.4. The molecular weight excluding hydrogens is 249 g/mol. The molecule has 3 heteroatoms. The van der Waals surface area contributed by atoms with Gasteiger partial charge in [0.25, 0.3) is 0 Å². The maximum Gasteiger partial charge on any atom is 0.126 e. The van der Waals surface area contributed by atoms with E-state index in [1.165, 1.54) is 0 Å². The van der Waals surface area contributed by atoms with Gasteiger partial charge < -0.3 is 5.32 Å². The molecule has 0 aliphatic rings. The van der Waals surface area contributed by atoms with Crippen molar-refractivity contribution >= 4 is 17.3 Å². The Balaban J connectivity index is 2.09. The molecule has 2 aromatic rings. The number of halogens is 2. The molecule has 0 unspecified atom stereocenters. The van der Waals surface area contributed by atoms with Crippen molar-refractivity contribution in [1.29, 1.82) is 0 Å². The Morgan fingerprint density at radius 2 is 1.83 bits per heavy atom. The van der Waals surface area contributed by atoms with E-state index >= 15 is 0 Å². The number of hydrogen-bond acceptors (Lipinski definition) is 1. The highest BCUT2D eigenvalue weighted by atomic mass is 35.5. The molecule has 0 aromatic heterocycles. The van der Waals surface area contributed by atoms with Crippen molar-refractivity contribution in [1.82, 2.24) is 0 Å². The first-order valence-corrected chi connectivity index (χ1v) is 6.19. The third-order valence-corrected chi connectivity index (χ3v) is 3.14. The summed E-state index contributed by atoms with van der Waals surface area (Å²) in [6, 6.07) is 11.0. The quantitative estimate of drug-likeness (QED) is 0.846.